The minimum absolute atomic E-state index is 0.217. The van der Waals surface area contributed by atoms with Crippen molar-refractivity contribution in [1.29, 1.82) is 5.26 Å². The lowest BCUT2D eigenvalue weighted by atomic mass is 9.85. The van der Waals surface area contributed by atoms with E-state index in [4.69, 9.17) is 4.74 Å². The number of anilines is 2. The number of hydrogen-bond donors (Lipinski definition) is 2. The predicted molar refractivity (Wildman–Crippen MR) is 146 cm³/mol. The SMILES string of the molecule is CNc1ccc(-c2ccc(C(=O)C(=O)Nc3cc(C(C)(C)C)cc(C#N)c3OC)c3ccccc23)cn1. The fourth-order valence-electron chi connectivity index (χ4n) is 4.21. The smallest absolute Gasteiger partial charge is 0.296 e. The van der Waals surface area contributed by atoms with E-state index in [9.17, 15) is 14.9 Å². The van der Waals surface area contributed by atoms with Gasteiger partial charge in [0.15, 0.2) is 5.75 Å². The van der Waals surface area contributed by atoms with Gasteiger partial charge >= 0.3 is 0 Å². The molecule has 0 saturated heterocycles. The van der Waals surface area contributed by atoms with E-state index in [1.807, 2.05) is 63.2 Å². The van der Waals surface area contributed by atoms with E-state index >= 15 is 0 Å². The quantitative estimate of drug-likeness (QED) is 0.255. The Morgan fingerprint density at radius 3 is 2.32 bits per heavy atom. The van der Waals surface area contributed by atoms with E-state index in [0.717, 1.165) is 27.9 Å². The lowest BCUT2D eigenvalue weighted by molar-refractivity contribution is -0.112. The van der Waals surface area contributed by atoms with E-state index in [-0.39, 0.29) is 28.0 Å². The molecule has 0 saturated carbocycles. The Balaban J connectivity index is 1.73. The maximum Gasteiger partial charge on any atom is 0.296 e. The molecule has 0 aliphatic heterocycles. The molecule has 1 heterocycles. The van der Waals surface area contributed by atoms with Crippen LogP contribution in [0, 0.1) is 11.3 Å². The highest BCUT2D eigenvalue weighted by Gasteiger charge is 2.24. The number of amides is 1. The number of nitrogens with one attached hydrogen (secondary N) is 2. The number of rotatable bonds is 6. The highest BCUT2D eigenvalue weighted by molar-refractivity contribution is 6.48. The lowest BCUT2D eigenvalue weighted by Crippen LogP contribution is -2.24. The Morgan fingerprint density at radius 1 is 1.00 bits per heavy atom. The predicted octanol–water partition coefficient (Wildman–Crippen LogP) is 5.94. The molecule has 7 nitrogen and oxygen atoms in total. The topological polar surface area (TPSA) is 104 Å². The molecule has 0 fully saturated rings. The first-order chi connectivity index (χ1) is 17.7. The third-order valence-corrected chi connectivity index (χ3v) is 6.23. The Hall–Kier alpha value is -4.70. The molecule has 1 amide bonds. The summed E-state index contributed by atoms with van der Waals surface area (Å²) in [7, 11) is 3.23. The van der Waals surface area contributed by atoms with Crippen LogP contribution in [0.3, 0.4) is 0 Å². The summed E-state index contributed by atoms with van der Waals surface area (Å²) < 4.78 is 5.41. The summed E-state index contributed by atoms with van der Waals surface area (Å²) in [5, 5.41) is 16.8. The van der Waals surface area contributed by atoms with Gasteiger partial charge < -0.3 is 15.4 Å². The second-order valence-corrected chi connectivity index (χ2v) is 9.64. The molecule has 0 spiro atoms. The number of fused-ring (bicyclic) bond motifs is 1. The minimum atomic E-state index is -0.814. The first-order valence-corrected chi connectivity index (χ1v) is 11.8. The highest BCUT2D eigenvalue weighted by Crippen LogP contribution is 2.36. The van der Waals surface area contributed by atoms with Gasteiger partial charge in [0.05, 0.1) is 18.4 Å². The number of ketones is 1. The van der Waals surface area contributed by atoms with Crippen molar-refractivity contribution in [2.45, 2.75) is 26.2 Å². The first kappa shape index (κ1) is 25.4. The number of methoxy groups -OCH3 is 1. The number of pyridine rings is 1. The van der Waals surface area contributed by atoms with Gasteiger partial charge in [-0.15, -0.1) is 0 Å². The number of benzene rings is 3. The van der Waals surface area contributed by atoms with Gasteiger partial charge in [0.2, 0.25) is 0 Å². The van der Waals surface area contributed by atoms with Crippen molar-refractivity contribution < 1.29 is 14.3 Å². The molecule has 0 radical (unpaired) electrons. The highest BCUT2D eigenvalue weighted by atomic mass is 16.5. The normalized spacial score (nSPS) is 11.0. The molecule has 4 aromatic rings. The molecule has 0 bridgehead atoms. The van der Waals surface area contributed by atoms with Crippen LogP contribution >= 0.6 is 0 Å². The average molecular weight is 493 g/mol. The van der Waals surface area contributed by atoms with Gasteiger partial charge in [0, 0.05) is 24.4 Å². The number of carbonyl (C=O) groups excluding carboxylic acids is 2. The monoisotopic (exact) mass is 492 g/mol. The fraction of sp³-hybridized carbons (Fsp3) is 0.200. The zero-order valence-electron chi connectivity index (χ0n) is 21.5. The van der Waals surface area contributed by atoms with Gasteiger partial charge in [-0.1, -0.05) is 51.1 Å². The van der Waals surface area contributed by atoms with E-state index in [0.29, 0.717) is 5.39 Å². The van der Waals surface area contributed by atoms with Gasteiger partial charge in [-0.2, -0.15) is 5.26 Å². The van der Waals surface area contributed by atoms with Crippen LogP contribution in [-0.2, 0) is 10.2 Å². The molecule has 3 aromatic carbocycles. The summed E-state index contributed by atoms with van der Waals surface area (Å²) in [6, 6.07) is 20.4. The maximum absolute atomic E-state index is 13.4. The largest absolute Gasteiger partial charge is 0.493 e. The lowest BCUT2D eigenvalue weighted by Gasteiger charge is -2.22. The second-order valence-electron chi connectivity index (χ2n) is 9.64. The van der Waals surface area contributed by atoms with Gasteiger partial charge in [0.1, 0.15) is 11.9 Å². The molecule has 0 aliphatic carbocycles. The molecular formula is C30H28N4O3. The van der Waals surface area contributed by atoms with Crippen molar-refractivity contribution in [2.75, 3.05) is 24.8 Å². The van der Waals surface area contributed by atoms with Crippen LogP contribution in [0.15, 0.2) is 66.9 Å². The minimum Gasteiger partial charge on any atom is -0.493 e. The molecule has 0 aliphatic rings. The van der Waals surface area contributed by atoms with E-state index in [1.165, 1.54) is 7.11 Å². The van der Waals surface area contributed by atoms with Crippen molar-refractivity contribution in [2.24, 2.45) is 0 Å². The van der Waals surface area contributed by atoms with Crippen LogP contribution in [0.1, 0.15) is 42.3 Å². The number of Topliss-reactive ketones (excluding diaryl/α,β-unsaturated/α-hetero) is 1. The van der Waals surface area contributed by atoms with E-state index in [2.05, 4.69) is 21.7 Å². The van der Waals surface area contributed by atoms with Crippen molar-refractivity contribution in [1.82, 2.24) is 4.98 Å². The van der Waals surface area contributed by atoms with Crippen LogP contribution in [0.25, 0.3) is 21.9 Å². The second kappa shape index (κ2) is 10.1. The van der Waals surface area contributed by atoms with Crippen LogP contribution in [-0.4, -0.2) is 30.8 Å². The molecule has 4 rings (SSSR count). The molecule has 186 valence electrons. The Morgan fingerprint density at radius 2 is 1.73 bits per heavy atom. The Bertz CT molecular complexity index is 1540. The Labute approximate surface area is 216 Å². The average Bonchev–Trinajstić information content (AvgIpc) is 2.91. The molecule has 0 atom stereocenters. The number of aromatic nitrogens is 1. The third kappa shape index (κ3) is 5.00. The molecule has 7 heteroatoms. The van der Waals surface area contributed by atoms with Gasteiger partial charge in [0.25, 0.3) is 11.7 Å². The molecule has 1 aromatic heterocycles. The van der Waals surface area contributed by atoms with Crippen LogP contribution < -0.4 is 15.4 Å². The molecule has 2 N–H and O–H groups in total. The summed E-state index contributed by atoms with van der Waals surface area (Å²) in [5.74, 6) is -0.532. The Kier molecular flexibility index (Phi) is 6.94. The standard InChI is InChI=1S/C30H28N4O3/c1-30(2,3)20-14-19(16-31)28(37-5)25(15-20)34-29(36)27(35)24-12-11-21(22-8-6-7-9-23(22)24)18-10-13-26(32-4)33-17-18/h6-15,17H,1-5H3,(H,32,33)(H,34,36). The first-order valence-electron chi connectivity index (χ1n) is 11.8. The summed E-state index contributed by atoms with van der Waals surface area (Å²) in [6.45, 7) is 6.01. The van der Waals surface area contributed by atoms with Crippen LogP contribution in [0.2, 0.25) is 0 Å². The van der Waals surface area contributed by atoms with E-state index < -0.39 is 11.7 Å². The number of carbonyl (C=O) groups is 2. The number of nitriles is 1. The van der Waals surface area contributed by atoms with Crippen LogP contribution in [0.4, 0.5) is 11.5 Å². The summed E-state index contributed by atoms with van der Waals surface area (Å²) in [5.41, 5.74) is 3.19. The van der Waals surface area contributed by atoms with Gasteiger partial charge in [-0.25, -0.2) is 4.98 Å². The van der Waals surface area contributed by atoms with Crippen molar-refractivity contribution in [3.05, 3.63) is 83.6 Å². The zero-order chi connectivity index (χ0) is 26.7. The number of hydrogen-bond acceptors (Lipinski definition) is 6. The van der Waals surface area contributed by atoms with Crippen molar-refractivity contribution >= 4 is 34.0 Å². The number of ether oxygens (including phenoxy) is 1. The third-order valence-electron chi connectivity index (χ3n) is 6.23. The van der Waals surface area contributed by atoms with E-state index in [1.54, 1.807) is 31.4 Å². The van der Waals surface area contributed by atoms with Crippen LogP contribution in [0.5, 0.6) is 5.75 Å². The van der Waals surface area contributed by atoms with Gasteiger partial charge in [-0.05, 0) is 57.6 Å². The summed E-state index contributed by atoms with van der Waals surface area (Å²) in [4.78, 5) is 31.0. The number of nitrogens with zero attached hydrogens (tertiary/aromatic N) is 2. The van der Waals surface area contributed by atoms with Crippen molar-refractivity contribution in [3.63, 3.8) is 0 Å². The summed E-state index contributed by atoms with van der Waals surface area (Å²) >= 11 is 0. The molecule has 37 heavy (non-hydrogen) atoms. The molecule has 0 unspecified atom stereocenters. The molecular weight excluding hydrogens is 464 g/mol. The maximum atomic E-state index is 13.4. The van der Waals surface area contributed by atoms with Gasteiger partial charge in [-0.3, -0.25) is 9.59 Å². The summed E-state index contributed by atoms with van der Waals surface area (Å²) in [6.07, 6.45) is 1.77. The van der Waals surface area contributed by atoms with Crippen molar-refractivity contribution in [3.8, 4) is 22.9 Å². The zero-order valence-corrected chi connectivity index (χ0v) is 21.5. The fourth-order valence-corrected chi connectivity index (χ4v) is 4.21.